The number of amides is 2. The molecule has 7 heteroatoms. The minimum atomic E-state index is -0.508. The Morgan fingerprint density at radius 2 is 1.64 bits per heavy atom. The van der Waals surface area contributed by atoms with Crippen molar-refractivity contribution in [1.82, 2.24) is 5.32 Å². The SMILES string of the molecule is CC(=O)NC(=Cc1ccc([N+](=O)[O-])cc1)C(=O)Nc1ccc(C)cc1. The Labute approximate surface area is 144 Å². The van der Waals surface area contributed by atoms with Crippen molar-refractivity contribution in [2.45, 2.75) is 13.8 Å². The van der Waals surface area contributed by atoms with E-state index in [1.54, 1.807) is 12.1 Å². The molecule has 128 valence electrons. The highest BCUT2D eigenvalue weighted by molar-refractivity contribution is 6.08. The molecule has 0 aliphatic heterocycles. The molecule has 7 nitrogen and oxygen atoms in total. The zero-order valence-electron chi connectivity index (χ0n) is 13.8. The van der Waals surface area contributed by atoms with Crippen molar-refractivity contribution in [2.24, 2.45) is 0 Å². The summed E-state index contributed by atoms with van der Waals surface area (Å²) in [6, 6.07) is 12.9. The number of nitro groups is 1. The lowest BCUT2D eigenvalue weighted by Crippen LogP contribution is -2.28. The molecule has 0 atom stereocenters. The first-order chi connectivity index (χ1) is 11.8. The summed E-state index contributed by atoms with van der Waals surface area (Å²) in [6.07, 6.45) is 1.45. The van der Waals surface area contributed by atoms with Gasteiger partial charge in [-0.05, 0) is 42.8 Å². The molecule has 2 rings (SSSR count). The summed E-state index contributed by atoms with van der Waals surface area (Å²) in [5.41, 5.74) is 2.19. The van der Waals surface area contributed by atoms with E-state index in [9.17, 15) is 19.7 Å². The monoisotopic (exact) mass is 339 g/mol. The Hall–Kier alpha value is -3.48. The number of rotatable bonds is 5. The molecule has 0 bridgehead atoms. The van der Waals surface area contributed by atoms with Crippen molar-refractivity contribution < 1.29 is 14.5 Å². The van der Waals surface area contributed by atoms with E-state index in [0.29, 0.717) is 11.3 Å². The predicted octanol–water partition coefficient (Wildman–Crippen LogP) is 3.02. The van der Waals surface area contributed by atoms with Crippen molar-refractivity contribution in [3.8, 4) is 0 Å². The Morgan fingerprint density at radius 3 is 2.16 bits per heavy atom. The first-order valence-corrected chi connectivity index (χ1v) is 7.47. The first kappa shape index (κ1) is 17.9. The second kappa shape index (κ2) is 7.87. The van der Waals surface area contributed by atoms with Crippen LogP contribution in [-0.2, 0) is 9.59 Å². The van der Waals surface area contributed by atoms with Crippen LogP contribution in [0.1, 0.15) is 18.1 Å². The van der Waals surface area contributed by atoms with E-state index >= 15 is 0 Å². The van der Waals surface area contributed by atoms with Gasteiger partial charge in [-0.15, -0.1) is 0 Å². The van der Waals surface area contributed by atoms with Gasteiger partial charge in [0, 0.05) is 24.7 Å². The summed E-state index contributed by atoms with van der Waals surface area (Å²) < 4.78 is 0. The molecule has 0 saturated heterocycles. The number of carbonyl (C=O) groups is 2. The van der Waals surface area contributed by atoms with Gasteiger partial charge in [-0.1, -0.05) is 17.7 Å². The second-order valence-corrected chi connectivity index (χ2v) is 5.41. The molecule has 25 heavy (non-hydrogen) atoms. The van der Waals surface area contributed by atoms with E-state index in [2.05, 4.69) is 10.6 Å². The van der Waals surface area contributed by atoms with Crippen LogP contribution in [0.5, 0.6) is 0 Å². The zero-order chi connectivity index (χ0) is 18.4. The lowest BCUT2D eigenvalue weighted by atomic mass is 10.1. The maximum Gasteiger partial charge on any atom is 0.272 e. The summed E-state index contributed by atoms with van der Waals surface area (Å²) in [5.74, 6) is -0.885. The molecule has 0 aliphatic carbocycles. The number of nitro benzene ring substituents is 1. The third-order valence-corrected chi connectivity index (χ3v) is 3.28. The van der Waals surface area contributed by atoms with E-state index in [0.717, 1.165) is 5.56 Å². The minimum Gasteiger partial charge on any atom is -0.322 e. The molecular formula is C18H17N3O4. The van der Waals surface area contributed by atoms with E-state index in [-0.39, 0.29) is 11.4 Å². The lowest BCUT2D eigenvalue weighted by molar-refractivity contribution is -0.384. The van der Waals surface area contributed by atoms with E-state index < -0.39 is 16.7 Å². The molecule has 2 amide bonds. The summed E-state index contributed by atoms with van der Waals surface area (Å²) in [5, 5.41) is 15.9. The van der Waals surface area contributed by atoms with Gasteiger partial charge < -0.3 is 10.6 Å². The Kier molecular flexibility index (Phi) is 5.62. The standard InChI is InChI=1S/C18H17N3O4/c1-12-3-7-15(8-4-12)20-18(23)17(19-13(2)22)11-14-5-9-16(10-6-14)21(24)25/h3-11H,1-2H3,(H,19,22)(H,20,23). The Morgan fingerprint density at radius 1 is 1.04 bits per heavy atom. The number of hydrogen-bond donors (Lipinski definition) is 2. The van der Waals surface area contributed by atoms with Gasteiger partial charge in [-0.25, -0.2) is 0 Å². The van der Waals surface area contributed by atoms with Crippen LogP contribution in [0.3, 0.4) is 0 Å². The highest BCUT2D eigenvalue weighted by Gasteiger charge is 2.12. The van der Waals surface area contributed by atoms with Crippen LogP contribution in [0.2, 0.25) is 0 Å². The molecule has 0 aromatic heterocycles. The Bertz CT molecular complexity index is 824. The van der Waals surface area contributed by atoms with Crippen LogP contribution in [0.25, 0.3) is 6.08 Å². The number of nitrogens with zero attached hydrogens (tertiary/aromatic N) is 1. The number of aryl methyl sites for hydroxylation is 1. The van der Waals surface area contributed by atoms with Gasteiger partial charge in [0.25, 0.3) is 11.6 Å². The quantitative estimate of drug-likeness (QED) is 0.496. The van der Waals surface area contributed by atoms with Gasteiger partial charge in [0.1, 0.15) is 5.70 Å². The number of non-ortho nitro benzene ring substituents is 1. The lowest BCUT2D eigenvalue weighted by Gasteiger charge is -2.10. The van der Waals surface area contributed by atoms with Gasteiger partial charge in [0.2, 0.25) is 5.91 Å². The van der Waals surface area contributed by atoms with Gasteiger partial charge in [-0.3, -0.25) is 19.7 Å². The van der Waals surface area contributed by atoms with Crippen molar-refractivity contribution in [2.75, 3.05) is 5.32 Å². The molecule has 0 saturated carbocycles. The predicted molar refractivity (Wildman–Crippen MR) is 94.7 cm³/mol. The fraction of sp³-hybridized carbons (Fsp3) is 0.111. The maximum atomic E-state index is 12.4. The topological polar surface area (TPSA) is 101 Å². The fourth-order valence-corrected chi connectivity index (χ4v) is 2.04. The highest BCUT2D eigenvalue weighted by Crippen LogP contribution is 2.15. The van der Waals surface area contributed by atoms with Crippen molar-refractivity contribution in [3.63, 3.8) is 0 Å². The van der Waals surface area contributed by atoms with Crippen LogP contribution >= 0.6 is 0 Å². The number of carbonyl (C=O) groups excluding carboxylic acids is 2. The largest absolute Gasteiger partial charge is 0.322 e. The normalized spacial score (nSPS) is 10.9. The van der Waals surface area contributed by atoms with Crippen LogP contribution in [0.15, 0.2) is 54.2 Å². The molecule has 0 unspecified atom stereocenters. The summed E-state index contributed by atoms with van der Waals surface area (Å²) in [6.45, 7) is 3.23. The fourth-order valence-electron chi connectivity index (χ4n) is 2.04. The smallest absolute Gasteiger partial charge is 0.272 e. The van der Waals surface area contributed by atoms with Gasteiger partial charge in [0.15, 0.2) is 0 Å². The van der Waals surface area contributed by atoms with Gasteiger partial charge in [-0.2, -0.15) is 0 Å². The number of hydrogen-bond acceptors (Lipinski definition) is 4. The highest BCUT2D eigenvalue weighted by atomic mass is 16.6. The molecule has 0 aliphatic rings. The van der Waals surface area contributed by atoms with Crippen LogP contribution < -0.4 is 10.6 Å². The van der Waals surface area contributed by atoms with Crippen LogP contribution in [0.4, 0.5) is 11.4 Å². The molecule has 2 N–H and O–H groups in total. The molecule has 0 spiro atoms. The van der Waals surface area contributed by atoms with Crippen molar-refractivity contribution in [3.05, 3.63) is 75.5 Å². The van der Waals surface area contributed by atoms with Crippen LogP contribution in [-0.4, -0.2) is 16.7 Å². The molecule has 0 radical (unpaired) electrons. The first-order valence-electron chi connectivity index (χ1n) is 7.47. The second-order valence-electron chi connectivity index (χ2n) is 5.41. The minimum absolute atomic E-state index is 0.0435. The Balaban J connectivity index is 2.24. The zero-order valence-corrected chi connectivity index (χ0v) is 13.8. The average Bonchev–Trinajstić information content (AvgIpc) is 2.56. The van der Waals surface area contributed by atoms with Crippen LogP contribution in [0, 0.1) is 17.0 Å². The van der Waals surface area contributed by atoms with Gasteiger partial charge in [0.05, 0.1) is 4.92 Å². The number of nitrogens with one attached hydrogen (secondary N) is 2. The molecular weight excluding hydrogens is 322 g/mol. The third-order valence-electron chi connectivity index (χ3n) is 3.28. The van der Waals surface area contributed by atoms with Crippen molar-refractivity contribution >= 4 is 29.3 Å². The molecule has 0 heterocycles. The summed E-state index contributed by atoms with van der Waals surface area (Å²) in [4.78, 5) is 34.0. The maximum absolute atomic E-state index is 12.4. The van der Waals surface area contributed by atoms with E-state index in [1.165, 1.54) is 37.3 Å². The molecule has 0 fully saturated rings. The number of benzene rings is 2. The van der Waals surface area contributed by atoms with E-state index in [4.69, 9.17) is 0 Å². The summed E-state index contributed by atoms with van der Waals surface area (Å²) >= 11 is 0. The van der Waals surface area contributed by atoms with Gasteiger partial charge >= 0.3 is 0 Å². The third kappa shape index (κ3) is 5.28. The van der Waals surface area contributed by atoms with Crippen molar-refractivity contribution in [1.29, 1.82) is 0 Å². The summed E-state index contributed by atoms with van der Waals surface area (Å²) in [7, 11) is 0. The molecule has 2 aromatic rings. The average molecular weight is 339 g/mol. The molecule has 2 aromatic carbocycles. The van der Waals surface area contributed by atoms with E-state index in [1.807, 2.05) is 19.1 Å². The number of anilines is 1.